The Balaban J connectivity index is 3.68. The summed E-state index contributed by atoms with van der Waals surface area (Å²) in [5.74, 6) is 0. The van der Waals surface area contributed by atoms with Crippen molar-refractivity contribution in [3.8, 4) is 6.07 Å². The Morgan fingerprint density at radius 1 is 1.50 bits per heavy atom. The van der Waals surface area contributed by atoms with E-state index < -0.39 is 38.2 Å². The van der Waals surface area contributed by atoms with Crippen LogP contribution in [0.2, 0.25) is 0 Å². The van der Waals surface area contributed by atoms with Gasteiger partial charge in [-0.15, -0.1) is 0 Å². The number of H-pyrrole nitrogens is 1. The second kappa shape index (κ2) is 3.99. The van der Waals surface area contributed by atoms with Gasteiger partial charge in [-0.25, -0.2) is 22.3 Å². The first-order chi connectivity index (χ1) is 7.27. The number of nitrogens with two attached hydrogens (primary N) is 1. The highest BCUT2D eigenvalue weighted by Crippen LogP contribution is 2.19. The van der Waals surface area contributed by atoms with Gasteiger partial charge in [-0.1, -0.05) is 0 Å². The van der Waals surface area contributed by atoms with Crippen molar-refractivity contribution in [2.24, 2.45) is 5.14 Å². The molecule has 0 aliphatic heterocycles. The first kappa shape index (κ1) is 12.3. The Hall–Kier alpha value is -1.79. The van der Waals surface area contributed by atoms with Gasteiger partial charge in [0.2, 0.25) is 5.43 Å². The van der Waals surface area contributed by atoms with Crippen molar-refractivity contribution in [1.29, 1.82) is 5.26 Å². The third kappa shape index (κ3) is 2.23. The van der Waals surface area contributed by atoms with Crippen molar-refractivity contribution in [3.63, 3.8) is 0 Å². The topological polar surface area (TPSA) is 117 Å². The summed E-state index contributed by atoms with van der Waals surface area (Å²) >= 11 is 0. The van der Waals surface area contributed by atoms with Gasteiger partial charge in [-0.3, -0.25) is 4.79 Å². The summed E-state index contributed by atoms with van der Waals surface area (Å²) < 4.78 is 46.5. The predicted octanol–water partition coefficient (Wildman–Crippen LogP) is -0.168. The fourth-order valence-corrected chi connectivity index (χ4v) is 1.51. The lowest BCUT2D eigenvalue weighted by molar-refractivity contribution is 0.145. The quantitative estimate of drug-likeness (QED) is 0.756. The highest BCUT2D eigenvalue weighted by atomic mass is 32.2. The number of aromatic nitrogens is 1. The van der Waals surface area contributed by atoms with Gasteiger partial charge in [0.05, 0.1) is 0 Å². The third-order valence-electron chi connectivity index (χ3n) is 1.67. The highest BCUT2D eigenvalue weighted by Gasteiger charge is 2.21. The van der Waals surface area contributed by atoms with Crippen LogP contribution in [0.4, 0.5) is 8.78 Å². The van der Waals surface area contributed by atoms with E-state index in [-0.39, 0.29) is 0 Å². The summed E-state index contributed by atoms with van der Waals surface area (Å²) in [6.07, 6.45) is -3.18. The molecule has 0 amide bonds. The molecule has 1 heterocycles. The lowest BCUT2D eigenvalue weighted by Gasteiger charge is -2.05. The minimum atomic E-state index is -4.30. The van der Waals surface area contributed by atoms with E-state index in [1.165, 1.54) is 6.07 Å². The van der Waals surface area contributed by atoms with Gasteiger partial charge in [0, 0.05) is 6.07 Å². The molecule has 0 saturated heterocycles. The maximum absolute atomic E-state index is 12.4. The second-order valence-corrected chi connectivity index (χ2v) is 4.27. The number of halogens is 2. The average molecular weight is 249 g/mol. The zero-order valence-electron chi connectivity index (χ0n) is 7.57. The van der Waals surface area contributed by atoms with Crippen LogP contribution in [0.5, 0.6) is 0 Å². The Morgan fingerprint density at radius 3 is 2.44 bits per heavy atom. The highest BCUT2D eigenvalue weighted by molar-refractivity contribution is 7.89. The number of alkyl halides is 2. The molecule has 0 fully saturated rings. The van der Waals surface area contributed by atoms with Gasteiger partial charge in [0.1, 0.15) is 17.3 Å². The average Bonchev–Trinajstić information content (AvgIpc) is 2.14. The van der Waals surface area contributed by atoms with Crippen LogP contribution in [0.3, 0.4) is 0 Å². The molecule has 0 aliphatic rings. The second-order valence-electron chi connectivity index (χ2n) is 2.74. The Bertz CT molecular complexity index is 615. The summed E-state index contributed by atoms with van der Waals surface area (Å²) in [7, 11) is -4.30. The molecular weight excluding hydrogens is 244 g/mol. The van der Waals surface area contributed by atoms with Crippen LogP contribution in [-0.4, -0.2) is 13.4 Å². The molecule has 0 bridgehead atoms. The van der Waals surface area contributed by atoms with Crippen molar-refractivity contribution in [2.45, 2.75) is 11.5 Å². The van der Waals surface area contributed by atoms with Crippen molar-refractivity contribution < 1.29 is 17.2 Å². The maximum Gasteiger partial charge on any atom is 0.279 e. The van der Waals surface area contributed by atoms with E-state index in [2.05, 4.69) is 5.14 Å². The largest absolute Gasteiger partial charge is 0.342 e. The minimum absolute atomic E-state index is 0.486. The lowest BCUT2D eigenvalue weighted by Crippen LogP contribution is -2.20. The van der Waals surface area contributed by atoms with Crippen molar-refractivity contribution in [2.75, 3.05) is 0 Å². The molecule has 0 saturated carbocycles. The zero-order valence-corrected chi connectivity index (χ0v) is 8.38. The number of sulfonamides is 1. The maximum atomic E-state index is 12.4. The molecule has 9 heteroatoms. The van der Waals surface area contributed by atoms with E-state index in [0.717, 1.165) is 0 Å². The number of rotatable bonds is 2. The summed E-state index contributed by atoms with van der Waals surface area (Å²) in [6, 6.07) is 1.75. The number of aromatic amines is 1. The van der Waals surface area contributed by atoms with Gasteiger partial charge in [0.15, 0.2) is 5.03 Å². The molecule has 0 radical (unpaired) electrons. The van der Waals surface area contributed by atoms with Gasteiger partial charge in [-0.2, -0.15) is 5.26 Å². The van der Waals surface area contributed by atoms with Crippen molar-refractivity contribution in [3.05, 3.63) is 27.5 Å². The Kier molecular flexibility index (Phi) is 3.06. The number of nitrogens with zero attached hydrogens (tertiary/aromatic N) is 1. The first-order valence-corrected chi connectivity index (χ1v) is 5.30. The molecule has 0 aliphatic carbocycles. The summed E-state index contributed by atoms with van der Waals surface area (Å²) in [5.41, 5.74) is -3.01. The Labute approximate surface area is 88.4 Å². The first-order valence-electron chi connectivity index (χ1n) is 3.75. The number of nitrogens with one attached hydrogen (secondary N) is 1. The van der Waals surface area contributed by atoms with Crippen LogP contribution in [0, 0.1) is 11.3 Å². The summed E-state index contributed by atoms with van der Waals surface area (Å²) in [5, 5.41) is 12.3. The number of hydrogen-bond acceptors (Lipinski definition) is 4. The molecule has 16 heavy (non-hydrogen) atoms. The van der Waals surface area contributed by atoms with Gasteiger partial charge in [-0.05, 0) is 0 Å². The Morgan fingerprint density at radius 2 is 2.06 bits per heavy atom. The zero-order chi connectivity index (χ0) is 12.5. The number of pyridine rings is 1. The fourth-order valence-electron chi connectivity index (χ4n) is 0.988. The summed E-state index contributed by atoms with van der Waals surface area (Å²) in [4.78, 5) is 12.9. The molecule has 3 N–H and O–H groups in total. The molecule has 6 nitrogen and oxygen atoms in total. The van der Waals surface area contributed by atoms with Gasteiger partial charge in [0.25, 0.3) is 16.4 Å². The predicted molar refractivity (Wildman–Crippen MR) is 48.1 cm³/mol. The monoisotopic (exact) mass is 249 g/mol. The SMILES string of the molecule is N#Cc1c(C(F)F)[nH]c(S(N)(=O)=O)cc1=O. The van der Waals surface area contributed by atoms with E-state index in [1.54, 1.807) is 4.98 Å². The summed E-state index contributed by atoms with van der Waals surface area (Å²) in [6.45, 7) is 0. The van der Waals surface area contributed by atoms with Gasteiger partial charge < -0.3 is 4.98 Å². The van der Waals surface area contributed by atoms with Crippen LogP contribution >= 0.6 is 0 Å². The van der Waals surface area contributed by atoms with E-state index >= 15 is 0 Å². The van der Waals surface area contributed by atoms with Crippen LogP contribution in [0.15, 0.2) is 15.9 Å². The number of hydrogen-bond donors (Lipinski definition) is 2. The van der Waals surface area contributed by atoms with E-state index in [4.69, 9.17) is 5.26 Å². The lowest BCUT2D eigenvalue weighted by atomic mass is 10.2. The van der Waals surface area contributed by atoms with Gasteiger partial charge >= 0.3 is 0 Å². The fraction of sp³-hybridized carbons (Fsp3) is 0.143. The molecule has 0 aromatic carbocycles. The number of primary sulfonamides is 1. The van der Waals surface area contributed by atoms with E-state index in [9.17, 15) is 22.0 Å². The van der Waals surface area contributed by atoms with Crippen LogP contribution in [0.25, 0.3) is 0 Å². The van der Waals surface area contributed by atoms with Crippen molar-refractivity contribution in [1.82, 2.24) is 4.98 Å². The van der Waals surface area contributed by atoms with E-state index in [1.807, 2.05) is 0 Å². The van der Waals surface area contributed by atoms with Crippen LogP contribution in [-0.2, 0) is 10.0 Å². The number of nitriles is 1. The van der Waals surface area contributed by atoms with Crippen LogP contribution in [0.1, 0.15) is 17.7 Å². The standard InChI is InChI=1S/C7H5F2N3O3S/c8-7(9)6-3(2-10)4(13)1-5(12-6)16(11,14)15/h1,7H,(H,12,13)(H2,11,14,15). The van der Waals surface area contributed by atoms with Crippen LogP contribution < -0.4 is 10.6 Å². The minimum Gasteiger partial charge on any atom is -0.342 e. The molecule has 0 atom stereocenters. The normalized spacial score (nSPS) is 11.4. The van der Waals surface area contributed by atoms with E-state index in [0.29, 0.717) is 6.07 Å². The molecule has 1 rings (SSSR count). The smallest absolute Gasteiger partial charge is 0.279 e. The molecule has 0 spiro atoms. The molecular formula is C7H5F2N3O3S. The molecule has 86 valence electrons. The third-order valence-corrected chi connectivity index (χ3v) is 2.51. The van der Waals surface area contributed by atoms with Crippen molar-refractivity contribution >= 4 is 10.0 Å². The molecule has 1 aromatic heterocycles. The molecule has 1 aromatic rings. The molecule has 0 unspecified atom stereocenters.